The Balaban J connectivity index is 1.21. The van der Waals surface area contributed by atoms with E-state index in [1.54, 1.807) is 24.3 Å². The minimum absolute atomic E-state index is 0.0202. The van der Waals surface area contributed by atoms with Gasteiger partial charge in [0, 0.05) is 17.1 Å². The first-order valence-corrected chi connectivity index (χ1v) is 18.5. The van der Waals surface area contributed by atoms with Gasteiger partial charge in [0.2, 0.25) is 0 Å². The van der Waals surface area contributed by atoms with Gasteiger partial charge in [0.15, 0.2) is 0 Å². The van der Waals surface area contributed by atoms with Crippen molar-refractivity contribution in [2.24, 2.45) is 0 Å². The quantitative estimate of drug-likeness (QED) is 0.150. The average Bonchev–Trinajstić information content (AvgIpc) is 3.39. The van der Waals surface area contributed by atoms with Crippen molar-refractivity contribution in [3.8, 4) is 55.6 Å². The third-order valence-electron chi connectivity index (χ3n) is 10.1. The predicted octanol–water partition coefficient (Wildman–Crippen LogP) is 15.8. The molecule has 57 heavy (non-hydrogen) atoms. The molecule has 0 aliphatic carbocycles. The molecular weight excluding hydrogens is 687 g/mol. The van der Waals surface area contributed by atoms with E-state index >= 15 is 0 Å². The number of hydrogen-bond acceptors (Lipinski definition) is 1. The molecule has 0 N–H and O–H groups in total. The van der Waals surface area contributed by atoms with Crippen LogP contribution in [0.25, 0.3) is 77.2 Å². The van der Waals surface area contributed by atoms with Gasteiger partial charge in [0.25, 0.3) is 0 Å². The summed E-state index contributed by atoms with van der Waals surface area (Å²) in [6.07, 6.45) is 0. The average molecular weight is 739 g/mol. The lowest BCUT2D eigenvalue weighted by molar-refractivity contribution is 1.28. The summed E-state index contributed by atoms with van der Waals surface area (Å²) < 4.78 is 119. The molecule has 0 aromatic heterocycles. The van der Waals surface area contributed by atoms with Crippen molar-refractivity contribution in [2.45, 2.75) is 0 Å². The molecule has 0 aliphatic heterocycles. The summed E-state index contributed by atoms with van der Waals surface area (Å²) in [6, 6.07) is 41.6. The van der Waals surface area contributed by atoms with Crippen LogP contribution in [0.4, 0.5) is 17.1 Å². The molecule has 10 rings (SSSR count). The Labute approximate surface area is 352 Å². The molecule has 0 radical (unpaired) electrons. The highest BCUT2D eigenvalue weighted by Gasteiger charge is 2.16. The van der Waals surface area contributed by atoms with Crippen molar-refractivity contribution in [3.63, 3.8) is 0 Å². The van der Waals surface area contributed by atoms with Crippen LogP contribution in [0.2, 0.25) is 0 Å². The number of fused-ring (bicyclic) bond motifs is 2. The van der Waals surface area contributed by atoms with Crippen molar-refractivity contribution in [3.05, 3.63) is 236 Å². The number of benzene rings is 10. The number of anilines is 3. The maximum absolute atomic E-state index is 9.77. The van der Waals surface area contributed by atoms with Crippen molar-refractivity contribution in [2.75, 3.05) is 4.90 Å². The molecule has 10 aromatic rings. The molecule has 0 saturated carbocycles. The highest BCUT2D eigenvalue weighted by atomic mass is 15.1. The first-order chi connectivity index (χ1) is 33.7. The Hall–Kier alpha value is -7.48. The molecule has 268 valence electrons. The van der Waals surface area contributed by atoms with Gasteiger partial charge in [-0.2, -0.15) is 0 Å². The fourth-order valence-corrected chi connectivity index (χ4v) is 7.38. The van der Waals surface area contributed by atoms with Crippen LogP contribution in [0.3, 0.4) is 0 Å². The van der Waals surface area contributed by atoms with Gasteiger partial charge in [-0.05, 0) is 120 Å². The second-order valence-electron chi connectivity index (χ2n) is 13.5. The monoisotopic (exact) mass is 738 g/mol. The van der Waals surface area contributed by atoms with Crippen LogP contribution in [0.5, 0.6) is 0 Å². The van der Waals surface area contributed by atoms with Crippen LogP contribution < -0.4 is 4.90 Å². The van der Waals surface area contributed by atoms with E-state index in [1.807, 2.05) is 103 Å². The summed E-state index contributed by atoms with van der Waals surface area (Å²) in [5.41, 5.74) is 3.92. The lowest BCUT2D eigenvalue weighted by Gasteiger charge is -2.26. The Kier molecular flexibility index (Phi) is 5.99. The molecule has 0 heterocycles. The highest BCUT2D eigenvalue weighted by molar-refractivity contribution is 6.04. The summed E-state index contributed by atoms with van der Waals surface area (Å²) in [5.74, 6) is 0. The molecule has 0 aliphatic rings. The summed E-state index contributed by atoms with van der Waals surface area (Å²) >= 11 is 0. The molecular formula is C56H39N. The first-order valence-electron chi connectivity index (χ1n) is 25.0. The third-order valence-corrected chi connectivity index (χ3v) is 10.1. The van der Waals surface area contributed by atoms with Gasteiger partial charge in [-0.25, -0.2) is 0 Å². The lowest BCUT2D eigenvalue weighted by atomic mass is 9.89. The van der Waals surface area contributed by atoms with E-state index in [0.29, 0.717) is 16.5 Å². The van der Waals surface area contributed by atoms with Crippen LogP contribution >= 0.6 is 0 Å². The molecule has 0 saturated heterocycles. The van der Waals surface area contributed by atoms with E-state index in [-0.39, 0.29) is 16.9 Å². The van der Waals surface area contributed by atoms with Crippen LogP contribution in [0.1, 0.15) is 17.8 Å². The van der Waals surface area contributed by atoms with Crippen LogP contribution in [-0.2, 0) is 0 Å². The summed E-state index contributed by atoms with van der Waals surface area (Å²) in [5, 5.41) is 3.69. The van der Waals surface area contributed by atoms with Crippen molar-refractivity contribution < 1.29 is 17.8 Å². The fraction of sp³-hybridized carbons (Fsp3) is 0. The maximum atomic E-state index is 9.77. The minimum Gasteiger partial charge on any atom is -0.311 e. The van der Waals surface area contributed by atoms with Gasteiger partial charge in [-0.15, -0.1) is 0 Å². The lowest BCUT2D eigenvalue weighted by Crippen LogP contribution is -2.09. The molecule has 0 amide bonds. The summed E-state index contributed by atoms with van der Waals surface area (Å²) in [6.45, 7) is 0. The Morgan fingerprint density at radius 2 is 0.860 bits per heavy atom. The first kappa shape index (κ1) is 22.8. The van der Waals surface area contributed by atoms with Crippen molar-refractivity contribution >= 4 is 38.6 Å². The molecule has 1 heteroatoms. The molecule has 0 unspecified atom stereocenters. The van der Waals surface area contributed by atoms with Gasteiger partial charge in [0.05, 0.1) is 17.8 Å². The molecule has 0 atom stereocenters. The van der Waals surface area contributed by atoms with E-state index < -0.39 is 95.4 Å². The predicted molar refractivity (Wildman–Crippen MR) is 243 cm³/mol. The zero-order valence-electron chi connectivity index (χ0n) is 43.5. The number of rotatable bonds is 8. The fourth-order valence-electron chi connectivity index (χ4n) is 7.38. The Morgan fingerprint density at radius 3 is 1.60 bits per heavy atom. The van der Waals surface area contributed by atoms with Crippen molar-refractivity contribution in [1.29, 1.82) is 0 Å². The standard InChI is InChI=1S/C56H39N/c1-3-13-40(14-4-1)41-25-32-49(33-26-41)57(50-34-27-42(28-35-50)47-20-11-21-48(39-47)53-24-12-19-43-17-7-9-22-52(43)53)51-36-29-46(30-37-51)56-54-23-10-8-18-45(54)31-38-55(56)44-15-5-2-6-16-44/h1-39H/i1D,3D,4D,13D,14D,25D,26D,29D,30D,32D,33D,36D,37D. The van der Waals surface area contributed by atoms with Gasteiger partial charge < -0.3 is 4.90 Å². The van der Waals surface area contributed by atoms with Gasteiger partial charge in [-0.1, -0.05) is 194 Å². The van der Waals surface area contributed by atoms with Crippen LogP contribution in [0, 0.1) is 0 Å². The SMILES string of the molecule is [2H]c1c([2H])c([2H])c(-c2c([2H])c([2H])c(N(c3ccc(-c4cccc(-c5cccc6ccccc56)c4)cc3)c3c([2H])c([2H])c(-c4c(-c5ccccc5)ccc5ccccc45)c([2H])c3[2H])c([2H])c2[2H])c([2H])c1[2H]. The van der Waals surface area contributed by atoms with E-state index in [2.05, 4.69) is 30.3 Å². The maximum Gasteiger partial charge on any atom is 0.0645 e. The van der Waals surface area contributed by atoms with Crippen LogP contribution in [-0.4, -0.2) is 0 Å². The molecule has 0 fully saturated rings. The van der Waals surface area contributed by atoms with E-state index in [0.717, 1.165) is 44.0 Å². The van der Waals surface area contributed by atoms with Gasteiger partial charge in [0.1, 0.15) is 0 Å². The Bertz CT molecular complexity index is 3670. The molecule has 10 aromatic carbocycles. The molecule has 0 spiro atoms. The largest absolute Gasteiger partial charge is 0.311 e. The second kappa shape index (κ2) is 15.0. The van der Waals surface area contributed by atoms with E-state index in [1.165, 1.54) is 4.90 Å². The topological polar surface area (TPSA) is 3.24 Å². The summed E-state index contributed by atoms with van der Waals surface area (Å²) in [4.78, 5) is 1.19. The third kappa shape index (κ3) is 6.66. The normalized spacial score (nSPS) is 14.4. The number of nitrogens with zero attached hydrogens (tertiary/aromatic N) is 1. The summed E-state index contributed by atoms with van der Waals surface area (Å²) in [7, 11) is 0. The highest BCUT2D eigenvalue weighted by Crippen LogP contribution is 2.42. The smallest absolute Gasteiger partial charge is 0.0645 e. The molecule has 0 bridgehead atoms. The second-order valence-corrected chi connectivity index (χ2v) is 13.5. The minimum atomic E-state index is -0.739. The zero-order valence-corrected chi connectivity index (χ0v) is 30.5. The zero-order chi connectivity index (χ0) is 49.3. The van der Waals surface area contributed by atoms with E-state index in [4.69, 9.17) is 6.85 Å². The molecule has 1 nitrogen and oxygen atoms in total. The Morgan fingerprint density at radius 1 is 0.298 bits per heavy atom. The van der Waals surface area contributed by atoms with Gasteiger partial charge in [-0.3, -0.25) is 0 Å². The van der Waals surface area contributed by atoms with E-state index in [9.17, 15) is 11.0 Å². The number of hydrogen-bond donors (Lipinski definition) is 0. The van der Waals surface area contributed by atoms with Crippen LogP contribution in [0.15, 0.2) is 236 Å². The van der Waals surface area contributed by atoms with Crippen molar-refractivity contribution in [1.82, 2.24) is 0 Å². The van der Waals surface area contributed by atoms with Gasteiger partial charge >= 0.3 is 0 Å².